The molecule has 0 radical (unpaired) electrons. The molecule has 0 spiro atoms. The number of ether oxygens (including phenoxy) is 1. The fourth-order valence-electron chi connectivity index (χ4n) is 1.42. The largest absolute Gasteiger partial charge is 0.493 e. The molecule has 2 nitrogen and oxygen atoms in total. The smallest absolute Gasteiger partial charge is 0.176 e. The van der Waals surface area contributed by atoms with Gasteiger partial charge >= 0.3 is 0 Å². The van der Waals surface area contributed by atoms with Crippen molar-refractivity contribution in [3.63, 3.8) is 0 Å². The molecule has 0 saturated heterocycles. The van der Waals surface area contributed by atoms with Crippen molar-refractivity contribution in [1.29, 1.82) is 0 Å². The molecule has 0 aromatic heterocycles. The molecular formula is C13H18O2S. The Hall–Kier alpha value is -0.960. The minimum absolute atomic E-state index is 0.152. The van der Waals surface area contributed by atoms with Crippen LogP contribution in [0.4, 0.5) is 0 Å². The van der Waals surface area contributed by atoms with E-state index >= 15 is 0 Å². The van der Waals surface area contributed by atoms with Gasteiger partial charge in [0.2, 0.25) is 0 Å². The van der Waals surface area contributed by atoms with Crippen molar-refractivity contribution in [2.45, 2.75) is 20.8 Å². The summed E-state index contributed by atoms with van der Waals surface area (Å²) in [5, 5.41) is 0. The van der Waals surface area contributed by atoms with E-state index in [4.69, 9.17) is 4.74 Å². The lowest BCUT2D eigenvalue weighted by Gasteiger charge is -2.09. The van der Waals surface area contributed by atoms with Gasteiger partial charge in [0.1, 0.15) is 5.75 Å². The standard InChI is InChI=1S/C13H18O2S/c1-4-15-13-7-6-10(3)8-11(13)12(14)9-16-5-2/h6-8H,4-5,9H2,1-3H3. The van der Waals surface area contributed by atoms with E-state index in [1.165, 1.54) is 0 Å². The third kappa shape index (κ3) is 3.56. The number of carbonyl (C=O) groups excluding carboxylic acids is 1. The van der Waals surface area contributed by atoms with E-state index in [0.717, 1.165) is 11.3 Å². The second-order valence-corrected chi connectivity index (χ2v) is 4.77. The first-order chi connectivity index (χ1) is 7.69. The third-order valence-electron chi connectivity index (χ3n) is 2.17. The monoisotopic (exact) mass is 238 g/mol. The molecule has 0 aliphatic carbocycles. The van der Waals surface area contributed by atoms with Crippen LogP contribution in [0.1, 0.15) is 29.8 Å². The van der Waals surface area contributed by atoms with Gasteiger partial charge in [-0.15, -0.1) is 0 Å². The van der Waals surface area contributed by atoms with Gasteiger partial charge in [0.15, 0.2) is 5.78 Å². The first-order valence-electron chi connectivity index (χ1n) is 5.53. The Morgan fingerprint density at radius 1 is 1.38 bits per heavy atom. The highest BCUT2D eigenvalue weighted by atomic mass is 32.2. The van der Waals surface area contributed by atoms with Crippen LogP contribution in [0, 0.1) is 6.92 Å². The first-order valence-corrected chi connectivity index (χ1v) is 6.68. The highest BCUT2D eigenvalue weighted by molar-refractivity contribution is 7.99. The summed E-state index contributed by atoms with van der Waals surface area (Å²) in [6.45, 7) is 6.55. The van der Waals surface area contributed by atoms with E-state index in [1.807, 2.05) is 32.0 Å². The van der Waals surface area contributed by atoms with Gasteiger partial charge in [-0.3, -0.25) is 4.79 Å². The molecular weight excluding hydrogens is 220 g/mol. The van der Waals surface area contributed by atoms with Crippen LogP contribution in [0.15, 0.2) is 18.2 Å². The number of Topliss-reactive ketones (excluding diaryl/α,β-unsaturated/α-hetero) is 1. The molecule has 1 aromatic carbocycles. The Balaban J connectivity index is 2.90. The molecule has 0 heterocycles. The van der Waals surface area contributed by atoms with Crippen LogP contribution in [0.5, 0.6) is 5.75 Å². The zero-order valence-corrected chi connectivity index (χ0v) is 10.9. The molecule has 0 saturated carbocycles. The molecule has 0 N–H and O–H groups in total. The highest BCUT2D eigenvalue weighted by Crippen LogP contribution is 2.22. The van der Waals surface area contributed by atoms with Crippen molar-refractivity contribution in [1.82, 2.24) is 0 Å². The van der Waals surface area contributed by atoms with Crippen LogP contribution >= 0.6 is 11.8 Å². The summed E-state index contributed by atoms with van der Waals surface area (Å²) in [6, 6.07) is 5.75. The third-order valence-corrected chi connectivity index (χ3v) is 3.05. The number of benzene rings is 1. The Morgan fingerprint density at radius 3 is 2.75 bits per heavy atom. The number of aryl methyl sites for hydroxylation is 1. The van der Waals surface area contributed by atoms with Gasteiger partial charge in [-0.05, 0) is 31.7 Å². The number of ketones is 1. The average molecular weight is 238 g/mol. The molecule has 16 heavy (non-hydrogen) atoms. The average Bonchev–Trinajstić information content (AvgIpc) is 2.28. The summed E-state index contributed by atoms with van der Waals surface area (Å²) in [7, 11) is 0. The summed E-state index contributed by atoms with van der Waals surface area (Å²) in [5.41, 5.74) is 1.80. The Kier molecular flexibility index (Phi) is 5.39. The normalized spacial score (nSPS) is 10.2. The van der Waals surface area contributed by atoms with Gasteiger partial charge in [-0.25, -0.2) is 0 Å². The van der Waals surface area contributed by atoms with Gasteiger partial charge in [-0.2, -0.15) is 11.8 Å². The second-order valence-electron chi connectivity index (χ2n) is 3.49. The van der Waals surface area contributed by atoms with Gasteiger partial charge < -0.3 is 4.74 Å². The summed E-state index contributed by atoms with van der Waals surface area (Å²) in [5.74, 6) is 2.34. The maximum Gasteiger partial charge on any atom is 0.176 e. The van der Waals surface area contributed by atoms with E-state index in [-0.39, 0.29) is 5.78 Å². The van der Waals surface area contributed by atoms with Gasteiger partial charge in [0, 0.05) is 0 Å². The minimum Gasteiger partial charge on any atom is -0.493 e. The Morgan fingerprint density at radius 2 is 2.12 bits per heavy atom. The van der Waals surface area contributed by atoms with E-state index in [2.05, 4.69) is 6.92 Å². The van der Waals surface area contributed by atoms with Gasteiger partial charge in [0.25, 0.3) is 0 Å². The summed E-state index contributed by atoms with van der Waals surface area (Å²) in [6.07, 6.45) is 0. The van der Waals surface area contributed by atoms with E-state index in [9.17, 15) is 4.79 Å². The van der Waals surface area contributed by atoms with Crippen LogP contribution < -0.4 is 4.74 Å². The molecule has 0 bridgehead atoms. The maximum atomic E-state index is 12.0. The predicted molar refractivity (Wildman–Crippen MR) is 69.7 cm³/mol. The topological polar surface area (TPSA) is 26.3 Å². The fourth-order valence-corrected chi connectivity index (χ4v) is 1.96. The van der Waals surface area contributed by atoms with Crippen molar-refractivity contribution < 1.29 is 9.53 Å². The highest BCUT2D eigenvalue weighted by Gasteiger charge is 2.12. The van der Waals surface area contributed by atoms with Crippen molar-refractivity contribution >= 4 is 17.5 Å². The predicted octanol–water partition coefficient (Wildman–Crippen LogP) is 3.33. The molecule has 0 fully saturated rings. The summed E-state index contributed by atoms with van der Waals surface area (Å²) in [4.78, 5) is 12.0. The number of hydrogen-bond acceptors (Lipinski definition) is 3. The molecule has 3 heteroatoms. The zero-order valence-electron chi connectivity index (χ0n) is 10.1. The number of rotatable bonds is 6. The molecule has 1 aromatic rings. The lowest BCUT2D eigenvalue weighted by atomic mass is 10.1. The van der Waals surface area contributed by atoms with Gasteiger partial charge in [0.05, 0.1) is 17.9 Å². The number of thioether (sulfide) groups is 1. The van der Waals surface area contributed by atoms with Crippen molar-refractivity contribution in [2.24, 2.45) is 0 Å². The molecule has 0 aliphatic heterocycles. The summed E-state index contributed by atoms with van der Waals surface area (Å²) < 4.78 is 5.46. The molecule has 0 amide bonds. The molecule has 88 valence electrons. The van der Waals surface area contributed by atoms with E-state index in [0.29, 0.717) is 23.7 Å². The van der Waals surface area contributed by atoms with Gasteiger partial charge in [-0.1, -0.05) is 18.6 Å². The van der Waals surface area contributed by atoms with E-state index < -0.39 is 0 Å². The molecule has 0 unspecified atom stereocenters. The van der Waals surface area contributed by atoms with Crippen LogP contribution in [0.25, 0.3) is 0 Å². The number of hydrogen-bond donors (Lipinski definition) is 0. The maximum absolute atomic E-state index is 12.0. The van der Waals surface area contributed by atoms with Crippen LogP contribution in [0.2, 0.25) is 0 Å². The summed E-state index contributed by atoms with van der Waals surface area (Å²) >= 11 is 1.64. The quantitative estimate of drug-likeness (QED) is 0.711. The number of carbonyl (C=O) groups is 1. The van der Waals surface area contributed by atoms with Crippen molar-refractivity contribution in [3.05, 3.63) is 29.3 Å². The zero-order chi connectivity index (χ0) is 12.0. The lowest BCUT2D eigenvalue weighted by Crippen LogP contribution is -2.07. The molecule has 0 aliphatic rings. The fraction of sp³-hybridized carbons (Fsp3) is 0.462. The van der Waals surface area contributed by atoms with Crippen LogP contribution in [0.3, 0.4) is 0 Å². The van der Waals surface area contributed by atoms with Crippen molar-refractivity contribution in [3.8, 4) is 5.75 Å². The first kappa shape index (κ1) is 13.1. The Labute approximate surface area is 101 Å². The molecule has 1 rings (SSSR count). The lowest BCUT2D eigenvalue weighted by molar-refractivity contribution is 0.101. The molecule has 0 atom stereocenters. The van der Waals surface area contributed by atoms with Crippen LogP contribution in [-0.4, -0.2) is 23.9 Å². The minimum atomic E-state index is 0.152. The SMILES string of the molecule is CCOc1ccc(C)cc1C(=O)CSCC. The second kappa shape index (κ2) is 6.59. The van der Waals surface area contributed by atoms with E-state index in [1.54, 1.807) is 11.8 Å². The van der Waals surface area contributed by atoms with Crippen LogP contribution in [-0.2, 0) is 0 Å². The Bertz CT molecular complexity index is 361. The van der Waals surface area contributed by atoms with Crippen molar-refractivity contribution in [2.75, 3.05) is 18.1 Å².